The topological polar surface area (TPSA) is 66.8 Å². The molecule has 0 spiro atoms. The van der Waals surface area contributed by atoms with Gasteiger partial charge in [0.2, 0.25) is 0 Å². The highest BCUT2D eigenvalue weighted by atomic mass is 16.5. The molecule has 200 valence electrons. The van der Waals surface area contributed by atoms with Crippen molar-refractivity contribution >= 4 is 12.0 Å². The molecule has 0 fully saturated rings. The quantitative estimate of drug-likeness (QED) is 0.336. The summed E-state index contributed by atoms with van der Waals surface area (Å²) in [6.07, 6.45) is 4.83. The minimum atomic E-state index is -0.957. The first-order chi connectivity index (χ1) is 17.7. The third kappa shape index (κ3) is 5.71. The van der Waals surface area contributed by atoms with Crippen molar-refractivity contribution in [2.24, 2.45) is 0 Å². The number of hydrogen-bond donors (Lipinski definition) is 2. The standard InChI is InChI=1S/C34H40O4/c1-22-8-15-26(16-9-22)34(6,7)38-29-21-25(20-27-30(29)33(4,5)19-18-32(27,2)3)28(35)17-12-23-10-13-24(14-11-23)31(36)37/h8-17,20-21,28,35H,18-19H2,1-7H3,(H,36,37)/b17-12+. The van der Waals surface area contributed by atoms with Crippen LogP contribution in [0.3, 0.4) is 0 Å². The van der Waals surface area contributed by atoms with Gasteiger partial charge in [0, 0.05) is 5.56 Å². The van der Waals surface area contributed by atoms with Crippen LogP contribution >= 0.6 is 0 Å². The van der Waals surface area contributed by atoms with Crippen LogP contribution in [0.15, 0.2) is 66.7 Å². The lowest BCUT2D eigenvalue weighted by molar-refractivity contribution is 0.0696. The van der Waals surface area contributed by atoms with E-state index in [1.54, 1.807) is 30.3 Å². The molecular formula is C34H40O4. The lowest BCUT2D eigenvalue weighted by atomic mass is 9.62. The molecule has 0 heterocycles. The van der Waals surface area contributed by atoms with Gasteiger partial charge in [-0.2, -0.15) is 0 Å². The minimum absolute atomic E-state index is 0.0525. The monoisotopic (exact) mass is 512 g/mol. The number of carbonyl (C=O) groups is 1. The predicted octanol–water partition coefficient (Wildman–Crippen LogP) is 8.10. The molecule has 4 rings (SSSR count). The molecule has 1 atom stereocenters. The molecule has 3 aromatic rings. The van der Waals surface area contributed by atoms with Crippen LogP contribution in [0.1, 0.15) is 104 Å². The molecule has 2 N–H and O–H groups in total. The maximum Gasteiger partial charge on any atom is 0.335 e. The molecule has 1 aliphatic rings. The lowest BCUT2D eigenvalue weighted by Crippen LogP contribution is -2.36. The summed E-state index contributed by atoms with van der Waals surface area (Å²) in [5, 5.41) is 20.4. The third-order valence-electron chi connectivity index (χ3n) is 7.99. The van der Waals surface area contributed by atoms with E-state index < -0.39 is 17.7 Å². The molecule has 0 bridgehead atoms. The van der Waals surface area contributed by atoms with E-state index in [2.05, 4.69) is 78.8 Å². The molecule has 4 heteroatoms. The fraction of sp³-hybridized carbons (Fsp3) is 0.382. The Bertz CT molecular complexity index is 1340. The number of aromatic carboxylic acids is 1. The first-order valence-corrected chi connectivity index (χ1v) is 13.3. The molecule has 0 aliphatic heterocycles. The smallest absolute Gasteiger partial charge is 0.335 e. The Hall–Kier alpha value is -3.37. The van der Waals surface area contributed by atoms with Gasteiger partial charge in [0.15, 0.2) is 0 Å². The Kier molecular flexibility index (Phi) is 7.33. The van der Waals surface area contributed by atoms with E-state index in [0.717, 1.165) is 35.3 Å². The Morgan fingerprint density at radius 1 is 0.947 bits per heavy atom. The number of hydrogen-bond acceptors (Lipinski definition) is 3. The Morgan fingerprint density at radius 3 is 2.16 bits per heavy atom. The number of carboxylic acid groups (broad SMARTS) is 1. The summed E-state index contributed by atoms with van der Waals surface area (Å²) in [6.45, 7) is 15.4. The SMILES string of the molecule is Cc1ccc(C(C)(C)Oc2cc(C(O)/C=C/c3ccc(C(=O)O)cc3)cc3c2C(C)(C)CCC3(C)C)cc1. The number of ether oxygens (including phenoxy) is 1. The molecule has 0 amide bonds. The summed E-state index contributed by atoms with van der Waals surface area (Å²) in [5.41, 5.74) is 5.91. The fourth-order valence-electron chi connectivity index (χ4n) is 5.34. The number of aliphatic hydroxyl groups is 1. The van der Waals surface area contributed by atoms with E-state index in [1.807, 2.05) is 12.1 Å². The predicted molar refractivity (Wildman–Crippen MR) is 154 cm³/mol. The van der Waals surface area contributed by atoms with Crippen LogP contribution in [0, 0.1) is 6.92 Å². The van der Waals surface area contributed by atoms with Gasteiger partial charge < -0.3 is 14.9 Å². The van der Waals surface area contributed by atoms with Crippen LogP contribution in [-0.4, -0.2) is 16.2 Å². The number of carboxylic acids is 1. The molecule has 0 saturated carbocycles. The number of aliphatic hydroxyl groups excluding tert-OH is 1. The molecule has 0 aromatic heterocycles. The highest BCUT2D eigenvalue weighted by Gasteiger charge is 2.41. The van der Waals surface area contributed by atoms with Gasteiger partial charge >= 0.3 is 5.97 Å². The molecule has 38 heavy (non-hydrogen) atoms. The van der Waals surface area contributed by atoms with E-state index in [0.29, 0.717) is 0 Å². The summed E-state index contributed by atoms with van der Waals surface area (Å²) in [5.74, 6) is -0.139. The summed E-state index contributed by atoms with van der Waals surface area (Å²) in [7, 11) is 0. The van der Waals surface area contributed by atoms with Crippen molar-refractivity contribution in [2.75, 3.05) is 0 Å². The molecule has 0 radical (unpaired) electrons. The highest BCUT2D eigenvalue weighted by Crippen LogP contribution is 2.51. The summed E-state index contributed by atoms with van der Waals surface area (Å²) < 4.78 is 6.85. The number of fused-ring (bicyclic) bond motifs is 1. The normalized spacial score (nSPS) is 17.2. The zero-order chi connectivity index (χ0) is 27.9. The molecule has 0 saturated heterocycles. The van der Waals surface area contributed by atoms with Crippen molar-refractivity contribution < 1.29 is 19.7 Å². The average Bonchev–Trinajstić information content (AvgIpc) is 2.85. The minimum Gasteiger partial charge on any atom is -0.483 e. The lowest BCUT2D eigenvalue weighted by Gasteiger charge is -2.44. The van der Waals surface area contributed by atoms with Crippen molar-refractivity contribution in [1.82, 2.24) is 0 Å². The Labute approximate surface area is 227 Å². The van der Waals surface area contributed by atoms with Crippen LogP contribution < -0.4 is 4.74 Å². The van der Waals surface area contributed by atoms with Crippen LogP contribution in [0.4, 0.5) is 0 Å². The van der Waals surface area contributed by atoms with Crippen LogP contribution in [0.2, 0.25) is 0 Å². The Balaban J connectivity index is 1.76. The van der Waals surface area contributed by atoms with Gasteiger partial charge in [0.25, 0.3) is 0 Å². The average molecular weight is 513 g/mol. The van der Waals surface area contributed by atoms with E-state index in [9.17, 15) is 9.90 Å². The van der Waals surface area contributed by atoms with E-state index >= 15 is 0 Å². The summed E-state index contributed by atoms with van der Waals surface area (Å²) >= 11 is 0. The van der Waals surface area contributed by atoms with Crippen molar-refractivity contribution in [2.45, 2.75) is 83.8 Å². The fourth-order valence-corrected chi connectivity index (χ4v) is 5.34. The second-order valence-electron chi connectivity index (χ2n) is 12.4. The maximum atomic E-state index is 11.3. The third-order valence-corrected chi connectivity index (χ3v) is 7.99. The molecule has 4 nitrogen and oxygen atoms in total. The number of rotatable bonds is 7. The van der Waals surface area contributed by atoms with Gasteiger partial charge in [-0.25, -0.2) is 4.79 Å². The van der Waals surface area contributed by atoms with Gasteiger partial charge in [-0.05, 0) is 84.9 Å². The van der Waals surface area contributed by atoms with E-state index in [-0.39, 0.29) is 16.4 Å². The maximum absolute atomic E-state index is 11.3. The van der Waals surface area contributed by atoms with Gasteiger partial charge in [0.05, 0.1) is 11.7 Å². The van der Waals surface area contributed by atoms with Gasteiger partial charge in [-0.1, -0.05) is 87.9 Å². The molecule has 3 aromatic carbocycles. The highest BCUT2D eigenvalue weighted by molar-refractivity contribution is 5.87. The summed E-state index contributed by atoms with van der Waals surface area (Å²) in [6, 6.07) is 19.2. The van der Waals surface area contributed by atoms with Crippen LogP contribution in [-0.2, 0) is 16.4 Å². The second kappa shape index (κ2) is 10.1. The van der Waals surface area contributed by atoms with Crippen LogP contribution in [0.25, 0.3) is 6.08 Å². The molecular weight excluding hydrogens is 472 g/mol. The van der Waals surface area contributed by atoms with Crippen molar-refractivity contribution in [3.05, 3.63) is 106 Å². The van der Waals surface area contributed by atoms with Crippen LogP contribution in [0.5, 0.6) is 5.75 Å². The van der Waals surface area contributed by atoms with E-state index in [1.165, 1.54) is 16.7 Å². The zero-order valence-corrected chi connectivity index (χ0v) is 23.6. The van der Waals surface area contributed by atoms with Crippen molar-refractivity contribution in [1.29, 1.82) is 0 Å². The first-order valence-electron chi connectivity index (χ1n) is 13.3. The number of aryl methyl sites for hydroxylation is 1. The Morgan fingerprint density at radius 2 is 1.55 bits per heavy atom. The van der Waals surface area contributed by atoms with Gasteiger partial charge in [-0.15, -0.1) is 0 Å². The van der Waals surface area contributed by atoms with Crippen molar-refractivity contribution in [3.8, 4) is 5.75 Å². The summed E-state index contributed by atoms with van der Waals surface area (Å²) in [4.78, 5) is 11.1. The largest absolute Gasteiger partial charge is 0.483 e. The van der Waals surface area contributed by atoms with Gasteiger partial charge in [-0.3, -0.25) is 0 Å². The van der Waals surface area contributed by atoms with E-state index in [4.69, 9.17) is 9.84 Å². The zero-order valence-electron chi connectivity index (χ0n) is 23.6. The first kappa shape index (κ1) is 27.7. The molecule has 1 unspecified atom stereocenters. The van der Waals surface area contributed by atoms with Gasteiger partial charge in [0.1, 0.15) is 11.4 Å². The van der Waals surface area contributed by atoms with Crippen molar-refractivity contribution in [3.63, 3.8) is 0 Å². The molecule has 1 aliphatic carbocycles. The number of benzene rings is 3. The second-order valence-corrected chi connectivity index (χ2v) is 12.4.